The fourth-order valence-corrected chi connectivity index (χ4v) is 4.21. The molecular weight excluding hydrogens is 220 g/mol. The van der Waals surface area contributed by atoms with Crippen LogP contribution in [0.1, 0.15) is 27.7 Å². The van der Waals surface area contributed by atoms with Crippen molar-refractivity contribution in [1.29, 1.82) is 0 Å². The lowest BCUT2D eigenvalue weighted by atomic mass is 10.1. The summed E-state index contributed by atoms with van der Waals surface area (Å²) >= 11 is 1.36. The molecular formula is C9H10O3S2. The quantitative estimate of drug-likeness (QED) is 0.686. The molecule has 0 unspecified atom stereocenters. The van der Waals surface area contributed by atoms with Crippen LogP contribution in [0.15, 0.2) is 5.38 Å². The molecule has 0 amide bonds. The van der Waals surface area contributed by atoms with Crippen LogP contribution in [0, 0.1) is 0 Å². The first-order chi connectivity index (χ1) is 6.49. The molecule has 0 saturated carbocycles. The van der Waals surface area contributed by atoms with E-state index in [1.54, 1.807) is 0 Å². The third-order valence-corrected chi connectivity index (χ3v) is 5.07. The molecule has 0 spiro atoms. The van der Waals surface area contributed by atoms with E-state index in [9.17, 15) is 13.2 Å². The second-order valence-corrected chi connectivity index (χ2v) is 6.53. The third-order valence-electron chi connectivity index (χ3n) is 2.35. The molecule has 3 nitrogen and oxygen atoms in total. The molecule has 0 bridgehead atoms. The molecule has 0 N–H and O–H groups in total. The summed E-state index contributed by atoms with van der Waals surface area (Å²) in [6.07, 6.45) is 0.557. The lowest BCUT2D eigenvalue weighted by molar-refractivity contribution is 0.102. The number of carbonyl (C=O) groups is 1. The van der Waals surface area contributed by atoms with Crippen LogP contribution in [0.5, 0.6) is 0 Å². The van der Waals surface area contributed by atoms with Crippen LogP contribution in [-0.4, -0.2) is 20.0 Å². The summed E-state index contributed by atoms with van der Waals surface area (Å²) in [5, 5.41) is 1.90. The summed E-state index contributed by atoms with van der Waals surface area (Å²) in [7, 11) is -2.97. The minimum absolute atomic E-state index is 0.0339. The van der Waals surface area contributed by atoms with Gasteiger partial charge in [-0.05, 0) is 29.9 Å². The Kier molecular flexibility index (Phi) is 2.23. The number of aryl methyl sites for hydroxylation is 1. The molecule has 1 aromatic rings. The second-order valence-electron chi connectivity index (χ2n) is 3.47. The number of ketones is 1. The molecule has 0 aliphatic carbocycles. The highest BCUT2D eigenvalue weighted by Gasteiger charge is 2.26. The van der Waals surface area contributed by atoms with Gasteiger partial charge in [0.2, 0.25) is 0 Å². The van der Waals surface area contributed by atoms with E-state index in [-0.39, 0.29) is 17.3 Å². The van der Waals surface area contributed by atoms with Gasteiger partial charge >= 0.3 is 0 Å². The van der Waals surface area contributed by atoms with Crippen molar-refractivity contribution in [1.82, 2.24) is 0 Å². The highest BCUT2D eigenvalue weighted by atomic mass is 32.2. The van der Waals surface area contributed by atoms with E-state index < -0.39 is 9.84 Å². The highest BCUT2D eigenvalue weighted by Crippen LogP contribution is 2.29. The molecule has 1 aromatic heterocycles. The molecule has 0 atom stereocenters. The maximum absolute atomic E-state index is 11.4. The van der Waals surface area contributed by atoms with Crippen molar-refractivity contribution in [3.05, 3.63) is 21.4 Å². The number of sulfone groups is 1. The fourth-order valence-electron chi connectivity index (χ4n) is 1.64. The standard InChI is InChI=1S/C9H10O3S2/c1-6(10)9-8-5-14(11,12)3-2-7(8)4-13-9/h4H,2-3,5H2,1H3. The predicted molar refractivity (Wildman–Crippen MR) is 55.5 cm³/mol. The molecule has 2 heterocycles. The van der Waals surface area contributed by atoms with Gasteiger partial charge in [-0.1, -0.05) is 0 Å². The Labute approximate surface area is 86.7 Å². The van der Waals surface area contributed by atoms with Crippen molar-refractivity contribution >= 4 is 27.0 Å². The number of hydrogen-bond acceptors (Lipinski definition) is 4. The average Bonchev–Trinajstić information content (AvgIpc) is 2.44. The maximum atomic E-state index is 11.4. The Hall–Kier alpha value is -0.680. The van der Waals surface area contributed by atoms with E-state index in [0.717, 1.165) is 11.1 Å². The second kappa shape index (κ2) is 3.17. The van der Waals surface area contributed by atoms with Crippen molar-refractivity contribution < 1.29 is 13.2 Å². The molecule has 2 rings (SSSR count). The first-order valence-electron chi connectivity index (χ1n) is 4.30. The van der Waals surface area contributed by atoms with Gasteiger partial charge in [-0.25, -0.2) is 8.42 Å². The van der Waals surface area contributed by atoms with E-state index in [1.165, 1.54) is 18.3 Å². The zero-order valence-corrected chi connectivity index (χ0v) is 9.37. The van der Waals surface area contributed by atoms with Crippen molar-refractivity contribution in [2.45, 2.75) is 19.1 Å². The molecule has 0 aromatic carbocycles. The van der Waals surface area contributed by atoms with Crippen LogP contribution in [0.3, 0.4) is 0 Å². The van der Waals surface area contributed by atoms with E-state index in [1.807, 2.05) is 5.38 Å². The van der Waals surface area contributed by atoms with Gasteiger partial charge in [-0.15, -0.1) is 11.3 Å². The van der Waals surface area contributed by atoms with Gasteiger partial charge in [-0.2, -0.15) is 0 Å². The first-order valence-corrected chi connectivity index (χ1v) is 7.00. The van der Waals surface area contributed by atoms with Crippen molar-refractivity contribution in [2.24, 2.45) is 0 Å². The normalized spacial score (nSPS) is 18.9. The van der Waals surface area contributed by atoms with Crippen LogP contribution in [0.25, 0.3) is 0 Å². The molecule has 0 saturated heterocycles. The number of thiophene rings is 1. The number of fused-ring (bicyclic) bond motifs is 1. The van der Waals surface area contributed by atoms with Crippen LogP contribution in [0.2, 0.25) is 0 Å². The zero-order valence-electron chi connectivity index (χ0n) is 7.74. The SMILES string of the molecule is CC(=O)c1scc2c1CS(=O)(=O)CC2. The minimum Gasteiger partial charge on any atom is -0.294 e. The monoisotopic (exact) mass is 230 g/mol. The number of Topliss-reactive ketones (excluding diaryl/α,β-unsaturated/α-hetero) is 1. The lowest BCUT2D eigenvalue weighted by Crippen LogP contribution is -2.18. The predicted octanol–water partition coefficient (Wildman–Crippen LogP) is 1.42. The molecule has 1 aliphatic rings. The smallest absolute Gasteiger partial charge is 0.170 e. The van der Waals surface area contributed by atoms with E-state index in [2.05, 4.69) is 0 Å². The lowest BCUT2D eigenvalue weighted by Gasteiger charge is -2.12. The van der Waals surface area contributed by atoms with Gasteiger partial charge in [0.25, 0.3) is 0 Å². The van der Waals surface area contributed by atoms with E-state index in [0.29, 0.717) is 11.3 Å². The molecule has 14 heavy (non-hydrogen) atoms. The highest BCUT2D eigenvalue weighted by molar-refractivity contribution is 7.90. The zero-order chi connectivity index (χ0) is 10.3. The Morgan fingerprint density at radius 3 is 2.86 bits per heavy atom. The number of hydrogen-bond donors (Lipinski definition) is 0. The molecule has 5 heteroatoms. The van der Waals surface area contributed by atoms with Crippen LogP contribution >= 0.6 is 11.3 Å². The summed E-state index contributed by atoms with van der Waals surface area (Å²) in [5.41, 5.74) is 1.78. The summed E-state index contributed by atoms with van der Waals surface area (Å²) in [6, 6.07) is 0. The Bertz CT molecular complexity index is 482. The van der Waals surface area contributed by atoms with Gasteiger partial charge in [-0.3, -0.25) is 4.79 Å². The number of rotatable bonds is 1. The van der Waals surface area contributed by atoms with Gasteiger partial charge in [0, 0.05) is 0 Å². The number of carbonyl (C=O) groups excluding carboxylic acids is 1. The summed E-state index contributed by atoms with van der Waals surface area (Å²) in [4.78, 5) is 11.8. The first kappa shape index (κ1) is 9.86. The van der Waals surface area contributed by atoms with Crippen molar-refractivity contribution in [3.63, 3.8) is 0 Å². The van der Waals surface area contributed by atoms with Crippen LogP contribution in [-0.2, 0) is 22.0 Å². The van der Waals surface area contributed by atoms with Crippen molar-refractivity contribution in [3.8, 4) is 0 Å². The van der Waals surface area contributed by atoms with Gasteiger partial charge in [0.05, 0.1) is 16.4 Å². The summed E-state index contributed by atoms with van der Waals surface area (Å²) < 4.78 is 22.8. The average molecular weight is 230 g/mol. The van der Waals surface area contributed by atoms with Crippen molar-refractivity contribution in [2.75, 3.05) is 5.75 Å². The fraction of sp³-hybridized carbons (Fsp3) is 0.444. The Morgan fingerprint density at radius 1 is 1.50 bits per heavy atom. The maximum Gasteiger partial charge on any atom is 0.170 e. The van der Waals surface area contributed by atoms with Crippen LogP contribution < -0.4 is 0 Å². The van der Waals surface area contributed by atoms with E-state index >= 15 is 0 Å². The summed E-state index contributed by atoms with van der Waals surface area (Å²) in [5.74, 6) is 0.225. The van der Waals surface area contributed by atoms with E-state index in [4.69, 9.17) is 0 Å². The Morgan fingerprint density at radius 2 is 2.21 bits per heavy atom. The molecule has 76 valence electrons. The Balaban J connectivity index is 2.53. The summed E-state index contributed by atoms with van der Waals surface area (Å²) in [6.45, 7) is 1.48. The molecule has 0 fully saturated rings. The molecule has 1 aliphatic heterocycles. The topological polar surface area (TPSA) is 51.2 Å². The largest absolute Gasteiger partial charge is 0.294 e. The van der Waals surface area contributed by atoms with Gasteiger partial charge < -0.3 is 0 Å². The molecule has 0 radical (unpaired) electrons. The van der Waals surface area contributed by atoms with Crippen LogP contribution in [0.4, 0.5) is 0 Å². The minimum atomic E-state index is -2.97. The third kappa shape index (κ3) is 1.62. The van der Waals surface area contributed by atoms with Gasteiger partial charge in [0.15, 0.2) is 15.6 Å². The van der Waals surface area contributed by atoms with Gasteiger partial charge in [0.1, 0.15) is 0 Å².